The van der Waals surface area contributed by atoms with Crippen molar-refractivity contribution in [1.82, 2.24) is 4.90 Å². The second-order valence-corrected chi connectivity index (χ2v) is 8.27. The van der Waals surface area contributed by atoms with Crippen molar-refractivity contribution in [2.24, 2.45) is 5.92 Å². The summed E-state index contributed by atoms with van der Waals surface area (Å²) in [6.07, 6.45) is 5.32. The normalized spacial score (nSPS) is 15.7. The zero-order chi connectivity index (χ0) is 20.5. The van der Waals surface area contributed by atoms with Gasteiger partial charge >= 0.3 is 0 Å². The van der Waals surface area contributed by atoms with E-state index in [-0.39, 0.29) is 12.4 Å². The van der Waals surface area contributed by atoms with E-state index < -0.39 is 0 Å². The van der Waals surface area contributed by atoms with Crippen LogP contribution in [-0.4, -0.2) is 42.9 Å². The Balaban J connectivity index is 1.28. The average molecular weight is 400 g/mol. The van der Waals surface area contributed by atoms with E-state index in [4.69, 9.17) is 4.74 Å². The van der Waals surface area contributed by atoms with Crippen molar-refractivity contribution in [3.8, 4) is 0 Å². The Morgan fingerprint density at radius 3 is 2.66 bits per heavy atom. The predicted molar refractivity (Wildman–Crippen MR) is 116 cm³/mol. The molecule has 1 N–H and O–H groups in total. The van der Waals surface area contributed by atoms with Gasteiger partial charge in [0.1, 0.15) is 5.82 Å². The van der Waals surface area contributed by atoms with Gasteiger partial charge in [-0.2, -0.15) is 0 Å². The van der Waals surface area contributed by atoms with Gasteiger partial charge < -0.3 is 14.7 Å². The third-order valence-electron chi connectivity index (χ3n) is 5.93. The Morgan fingerprint density at radius 1 is 1.07 bits per heavy atom. The van der Waals surface area contributed by atoms with Crippen molar-refractivity contribution in [3.05, 3.63) is 70.5 Å². The summed E-state index contributed by atoms with van der Waals surface area (Å²) in [6, 6.07) is 13.2. The molecule has 3 nitrogen and oxygen atoms in total. The summed E-state index contributed by atoms with van der Waals surface area (Å²) in [5.41, 5.74) is 4.60. The molecular formula is C25H34FNO2. The van der Waals surface area contributed by atoms with Gasteiger partial charge in [-0.25, -0.2) is 4.39 Å². The summed E-state index contributed by atoms with van der Waals surface area (Å²) in [5.74, 6) is 0.530. The number of likely N-dealkylation sites (tertiary alicyclic amines) is 1. The topological polar surface area (TPSA) is 32.7 Å². The number of aryl methyl sites for hydroxylation is 1. The first-order chi connectivity index (χ1) is 14.1. The molecule has 3 rings (SSSR count). The summed E-state index contributed by atoms with van der Waals surface area (Å²) >= 11 is 0. The quantitative estimate of drug-likeness (QED) is 0.596. The number of benzene rings is 2. The number of aliphatic hydroxyl groups excluding tert-OH is 1. The third-order valence-corrected chi connectivity index (χ3v) is 5.93. The van der Waals surface area contributed by atoms with Crippen LogP contribution in [-0.2, 0) is 24.2 Å². The van der Waals surface area contributed by atoms with E-state index in [1.165, 1.54) is 30.0 Å². The number of ether oxygens (including phenoxy) is 1. The number of piperidine rings is 1. The standard InChI is InChI=1S/C25H34FNO2/c1-20-6-7-23(24(16-20)19-28)17-22-8-12-27(13-9-22)11-3-14-29-15-10-21-4-2-5-25(26)18-21/h2,4-7,16,18,22,28H,3,8-15,17,19H2,1H3. The first-order valence-electron chi connectivity index (χ1n) is 10.9. The highest BCUT2D eigenvalue weighted by Crippen LogP contribution is 2.24. The molecule has 2 aromatic rings. The van der Waals surface area contributed by atoms with E-state index in [1.54, 1.807) is 12.1 Å². The molecule has 0 aromatic heterocycles. The zero-order valence-electron chi connectivity index (χ0n) is 17.6. The molecule has 0 radical (unpaired) electrons. The predicted octanol–water partition coefficient (Wildman–Crippen LogP) is 4.53. The Kier molecular flexibility index (Phi) is 8.66. The highest BCUT2D eigenvalue weighted by molar-refractivity contribution is 5.31. The molecule has 0 amide bonds. The fraction of sp³-hybridized carbons (Fsp3) is 0.520. The SMILES string of the molecule is Cc1ccc(CC2CCN(CCCOCCc3cccc(F)c3)CC2)c(CO)c1. The second kappa shape index (κ2) is 11.4. The lowest BCUT2D eigenvalue weighted by atomic mass is 9.88. The first-order valence-corrected chi connectivity index (χ1v) is 10.9. The highest BCUT2D eigenvalue weighted by atomic mass is 19.1. The molecule has 0 saturated carbocycles. The van der Waals surface area contributed by atoms with Crippen molar-refractivity contribution < 1.29 is 14.2 Å². The molecule has 0 atom stereocenters. The van der Waals surface area contributed by atoms with Crippen LogP contribution in [0.1, 0.15) is 41.5 Å². The largest absolute Gasteiger partial charge is 0.392 e. The van der Waals surface area contributed by atoms with Gasteiger partial charge in [-0.15, -0.1) is 0 Å². The molecule has 0 bridgehead atoms. The van der Waals surface area contributed by atoms with E-state index in [0.29, 0.717) is 12.5 Å². The summed E-state index contributed by atoms with van der Waals surface area (Å²) in [4.78, 5) is 2.54. The minimum absolute atomic E-state index is 0.134. The summed E-state index contributed by atoms with van der Waals surface area (Å²) in [6.45, 7) is 7.00. The van der Waals surface area contributed by atoms with E-state index in [1.807, 2.05) is 6.07 Å². The molecule has 1 saturated heterocycles. The van der Waals surface area contributed by atoms with Crippen molar-refractivity contribution in [2.75, 3.05) is 32.8 Å². The minimum atomic E-state index is -0.180. The average Bonchev–Trinajstić information content (AvgIpc) is 2.73. The number of rotatable bonds is 10. The third kappa shape index (κ3) is 7.22. The van der Waals surface area contributed by atoms with Crippen LogP contribution in [0.5, 0.6) is 0 Å². The maximum atomic E-state index is 13.1. The molecule has 0 spiro atoms. The molecule has 2 aromatic carbocycles. The molecule has 158 valence electrons. The molecule has 4 heteroatoms. The number of hydrogen-bond acceptors (Lipinski definition) is 3. The molecule has 0 unspecified atom stereocenters. The maximum absolute atomic E-state index is 13.1. The van der Waals surface area contributed by atoms with Gasteiger partial charge in [-0.1, -0.05) is 35.9 Å². The lowest BCUT2D eigenvalue weighted by Crippen LogP contribution is -2.35. The highest BCUT2D eigenvalue weighted by Gasteiger charge is 2.20. The summed E-state index contributed by atoms with van der Waals surface area (Å²) < 4.78 is 18.9. The molecular weight excluding hydrogens is 365 g/mol. The van der Waals surface area contributed by atoms with E-state index >= 15 is 0 Å². The lowest BCUT2D eigenvalue weighted by molar-refractivity contribution is 0.113. The van der Waals surface area contributed by atoms with Gasteiger partial charge in [0.2, 0.25) is 0 Å². The maximum Gasteiger partial charge on any atom is 0.123 e. The van der Waals surface area contributed by atoms with Crippen LogP contribution < -0.4 is 0 Å². The van der Waals surface area contributed by atoms with Crippen LogP contribution in [0, 0.1) is 18.7 Å². The van der Waals surface area contributed by atoms with Gasteiger partial charge in [-0.05, 0) is 86.9 Å². The van der Waals surface area contributed by atoms with Crippen molar-refractivity contribution >= 4 is 0 Å². The fourth-order valence-electron chi connectivity index (χ4n) is 4.20. The molecule has 1 heterocycles. The summed E-state index contributed by atoms with van der Waals surface area (Å²) in [7, 11) is 0. The van der Waals surface area contributed by atoms with Crippen LogP contribution in [0.15, 0.2) is 42.5 Å². The van der Waals surface area contributed by atoms with Crippen LogP contribution in [0.2, 0.25) is 0 Å². The van der Waals surface area contributed by atoms with Crippen LogP contribution >= 0.6 is 0 Å². The van der Waals surface area contributed by atoms with Gasteiger partial charge in [0.05, 0.1) is 13.2 Å². The Morgan fingerprint density at radius 2 is 1.90 bits per heavy atom. The molecule has 1 fully saturated rings. The van der Waals surface area contributed by atoms with Gasteiger partial charge in [0.15, 0.2) is 0 Å². The van der Waals surface area contributed by atoms with Gasteiger partial charge in [0, 0.05) is 13.2 Å². The van der Waals surface area contributed by atoms with Crippen molar-refractivity contribution in [3.63, 3.8) is 0 Å². The smallest absolute Gasteiger partial charge is 0.123 e. The van der Waals surface area contributed by atoms with E-state index in [0.717, 1.165) is 56.6 Å². The first kappa shape index (κ1) is 21.9. The Labute approximate surface area is 174 Å². The molecule has 1 aliphatic rings. The van der Waals surface area contributed by atoms with Crippen molar-refractivity contribution in [1.29, 1.82) is 0 Å². The molecule has 1 aliphatic heterocycles. The number of halogens is 1. The number of hydrogen-bond donors (Lipinski definition) is 1. The van der Waals surface area contributed by atoms with Crippen LogP contribution in [0.25, 0.3) is 0 Å². The Bertz CT molecular complexity index is 756. The van der Waals surface area contributed by atoms with Gasteiger partial charge in [-0.3, -0.25) is 0 Å². The molecule has 0 aliphatic carbocycles. The van der Waals surface area contributed by atoms with Gasteiger partial charge in [0.25, 0.3) is 0 Å². The fourth-order valence-corrected chi connectivity index (χ4v) is 4.20. The van der Waals surface area contributed by atoms with Crippen molar-refractivity contribution in [2.45, 2.75) is 45.6 Å². The lowest BCUT2D eigenvalue weighted by Gasteiger charge is -2.32. The Hall–Kier alpha value is -1.75. The summed E-state index contributed by atoms with van der Waals surface area (Å²) in [5, 5.41) is 9.61. The second-order valence-electron chi connectivity index (χ2n) is 8.27. The minimum Gasteiger partial charge on any atom is -0.392 e. The van der Waals surface area contributed by atoms with E-state index in [2.05, 4.69) is 30.0 Å². The monoisotopic (exact) mass is 399 g/mol. The van der Waals surface area contributed by atoms with Crippen LogP contribution in [0.4, 0.5) is 4.39 Å². The van der Waals surface area contributed by atoms with Crippen LogP contribution in [0.3, 0.4) is 0 Å². The molecule has 29 heavy (non-hydrogen) atoms. The number of nitrogens with zero attached hydrogens (tertiary/aromatic N) is 1. The van der Waals surface area contributed by atoms with E-state index in [9.17, 15) is 9.50 Å². The number of aliphatic hydroxyl groups is 1. The zero-order valence-corrected chi connectivity index (χ0v) is 17.6.